The smallest absolute Gasteiger partial charge is 0.338 e. The number of nitro groups is 1. The van der Waals surface area contributed by atoms with Crippen LogP contribution in [-0.2, 0) is 9.53 Å². The Bertz CT molecular complexity index is 688. The third kappa shape index (κ3) is 5.54. The van der Waals surface area contributed by atoms with E-state index in [0.29, 0.717) is 5.92 Å². The van der Waals surface area contributed by atoms with E-state index in [1.54, 1.807) is 0 Å². The number of carbonyl (C=O) groups is 3. The highest BCUT2D eigenvalue weighted by atomic mass is 16.6. The molecule has 1 aliphatic rings. The average molecular weight is 363 g/mol. The predicted octanol–water partition coefficient (Wildman–Crippen LogP) is 2.16. The highest BCUT2D eigenvalue weighted by Crippen LogP contribution is 2.23. The number of ether oxygens (including phenoxy) is 1. The molecule has 2 rings (SSSR count). The molecule has 1 fully saturated rings. The Morgan fingerprint density at radius 2 is 1.85 bits per heavy atom. The molecule has 0 aliphatic heterocycles. The van der Waals surface area contributed by atoms with Gasteiger partial charge in [0.15, 0.2) is 6.61 Å². The minimum atomic E-state index is -0.809. The molecule has 26 heavy (non-hydrogen) atoms. The third-order valence-electron chi connectivity index (χ3n) is 4.33. The lowest BCUT2D eigenvalue weighted by Gasteiger charge is -2.29. The molecule has 0 radical (unpaired) electrons. The number of amides is 3. The van der Waals surface area contributed by atoms with Crippen molar-refractivity contribution in [2.24, 2.45) is 5.92 Å². The molecule has 0 aromatic heterocycles. The van der Waals surface area contributed by atoms with E-state index in [2.05, 4.69) is 17.6 Å². The van der Waals surface area contributed by atoms with Gasteiger partial charge >= 0.3 is 12.0 Å². The molecule has 140 valence electrons. The summed E-state index contributed by atoms with van der Waals surface area (Å²) in [5.74, 6) is -1.21. The van der Waals surface area contributed by atoms with Gasteiger partial charge in [-0.05, 0) is 30.9 Å². The van der Waals surface area contributed by atoms with Crippen LogP contribution in [0.1, 0.15) is 43.0 Å². The summed E-state index contributed by atoms with van der Waals surface area (Å²) in [6, 6.07) is 4.20. The van der Waals surface area contributed by atoms with Gasteiger partial charge in [0.05, 0.1) is 10.5 Å². The van der Waals surface area contributed by atoms with Crippen molar-refractivity contribution in [3.63, 3.8) is 0 Å². The predicted molar refractivity (Wildman–Crippen MR) is 91.5 cm³/mol. The Hall–Kier alpha value is -2.97. The third-order valence-corrected chi connectivity index (χ3v) is 4.33. The molecular formula is C17H21N3O6. The largest absolute Gasteiger partial charge is 0.452 e. The van der Waals surface area contributed by atoms with Gasteiger partial charge in [0.25, 0.3) is 11.6 Å². The fourth-order valence-corrected chi connectivity index (χ4v) is 2.83. The number of nitrogens with zero attached hydrogens (tertiary/aromatic N) is 1. The van der Waals surface area contributed by atoms with Crippen LogP contribution in [0.25, 0.3) is 0 Å². The number of nitrogens with one attached hydrogen (secondary N) is 2. The van der Waals surface area contributed by atoms with E-state index < -0.39 is 29.4 Å². The van der Waals surface area contributed by atoms with E-state index in [-0.39, 0.29) is 17.3 Å². The highest BCUT2D eigenvalue weighted by Gasteiger charge is 2.23. The van der Waals surface area contributed by atoms with Gasteiger partial charge in [-0.1, -0.05) is 19.8 Å². The average Bonchev–Trinajstić information content (AvgIpc) is 2.61. The fourth-order valence-electron chi connectivity index (χ4n) is 2.83. The van der Waals surface area contributed by atoms with E-state index in [1.807, 2.05) is 0 Å². The van der Waals surface area contributed by atoms with Crippen LogP contribution in [0.3, 0.4) is 0 Å². The summed E-state index contributed by atoms with van der Waals surface area (Å²) in [6.45, 7) is 1.43. The van der Waals surface area contributed by atoms with Gasteiger partial charge in [-0.25, -0.2) is 9.59 Å². The molecule has 9 nitrogen and oxygen atoms in total. The summed E-state index contributed by atoms with van der Waals surface area (Å²) in [5, 5.41) is 15.4. The van der Waals surface area contributed by atoms with Gasteiger partial charge in [-0.2, -0.15) is 0 Å². The van der Waals surface area contributed by atoms with Gasteiger partial charge in [-0.3, -0.25) is 20.2 Å². The van der Waals surface area contributed by atoms with E-state index in [4.69, 9.17) is 4.74 Å². The molecule has 1 aromatic rings. The second-order valence-corrected chi connectivity index (χ2v) is 6.27. The van der Waals surface area contributed by atoms with Gasteiger partial charge in [0, 0.05) is 18.2 Å². The fraction of sp³-hybridized carbons (Fsp3) is 0.471. The van der Waals surface area contributed by atoms with E-state index in [0.717, 1.165) is 37.8 Å². The first-order valence-corrected chi connectivity index (χ1v) is 8.38. The second kappa shape index (κ2) is 8.93. The van der Waals surface area contributed by atoms with Gasteiger partial charge < -0.3 is 10.1 Å². The van der Waals surface area contributed by atoms with Crippen LogP contribution < -0.4 is 10.6 Å². The number of carbonyl (C=O) groups excluding carboxylic acids is 3. The number of esters is 1. The van der Waals surface area contributed by atoms with Crippen LogP contribution in [0.4, 0.5) is 10.5 Å². The van der Waals surface area contributed by atoms with Gasteiger partial charge in [-0.15, -0.1) is 0 Å². The molecule has 1 saturated carbocycles. The summed E-state index contributed by atoms with van der Waals surface area (Å²) in [5.41, 5.74) is -0.0863. The van der Waals surface area contributed by atoms with Crippen molar-refractivity contribution in [1.82, 2.24) is 10.6 Å². The van der Waals surface area contributed by atoms with Crippen LogP contribution >= 0.6 is 0 Å². The quantitative estimate of drug-likeness (QED) is 0.469. The maximum Gasteiger partial charge on any atom is 0.338 e. The highest BCUT2D eigenvalue weighted by molar-refractivity contribution is 5.97. The number of hydrogen-bond acceptors (Lipinski definition) is 6. The lowest BCUT2D eigenvalue weighted by Crippen LogP contribution is -2.48. The van der Waals surface area contributed by atoms with Crippen LogP contribution in [0.15, 0.2) is 24.3 Å². The molecule has 2 N–H and O–H groups in total. The zero-order chi connectivity index (χ0) is 19.1. The lowest BCUT2D eigenvalue weighted by atomic mass is 9.86. The van der Waals surface area contributed by atoms with Gasteiger partial charge in [0.2, 0.25) is 0 Å². The summed E-state index contributed by atoms with van der Waals surface area (Å²) < 4.78 is 4.80. The van der Waals surface area contributed by atoms with Crippen LogP contribution in [-0.4, -0.2) is 35.5 Å². The number of benzene rings is 1. The maximum atomic E-state index is 11.8. The monoisotopic (exact) mass is 363 g/mol. The SMILES string of the molecule is C[C@H]1CCCC[C@H]1NC(=O)NC(=O)COC(=O)c1ccc([N+](=O)[O-])cc1. The zero-order valence-corrected chi connectivity index (χ0v) is 14.4. The number of imide groups is 1. The summed E-state index contributed by atoms with van der Waals surface area (Å²) in [6.07, 6.45) is 4.08. The molecule has 9 heteroatoms. The Morgan fingerprint density at radius 3 is 2.46 bits per heavy atom. The lowest BCUT2D eigenvalue weighted by molar-refractivity contribution is -0.384. The molecule has 0 bridgehead atoms. The minimum Gasteiger partial charge on any atom is -0.452 e. The summed E-state index contributed by atoms with van der Waals surface area (Å²) >= 11 is 0. The van der Waals surface area contributed by atoms with E-state index in [1.165, 1.54) is 12.1 Å². The molecular weight excluding hydrogens is 342 g/mol. The summed E-state index contributed by atoms with van der Waals surface area (Å²) in [7, 11) is 0. The normalized spacial score (nSPS) is 19.3. The molecule has 0 heterocycles. The topological polar surface area (TPSA) is 128 Å². The number of urea groups is 1. The number of nitro benzene ring substituents is 1. The first-order valence-electron chi connectivity index (χ1n) is 8.38. The van der Waals surface area contributed by atoms with Gasteiger partial charge in [0.1, 0.15) is 0 Å². The van der Waals surface area contributed by atoms with Crippen molar-refractivity contribution < 1.29 is 24.0 Å². The number of non-ortho nitro benzene ring substituents is 1. The Labute approximate surface area is 150 Å². The van der Waals surface area contributed by atoms with Crippen molar-refractivity contribution in [1.29, 1.82) is 0 Å². The molecule has 0 saturated heterocycles. The minimum absolute atomic E-state index is 0.0270. The van der Waals surface area contributed by atoms with Crippen molar-refractivity contribution in [2.45, 2.75) is 38.6 Å². The first-order chi connectivity index (χ1) is 12.4. The summed E-state index contributed by atoms with van der Waals surface area (Å²) in [4.78, 5) is 45.3. The standard InChI is InChI=1S/C17H21N3O6/c1-11-4-2-3-5-14(11)18-17(23)19-15(21)10-26-16(22)12-6-8-13(9-7-12)20(24)25/h6-9,11,14H,2-5,10H2,1H3,(H2,18,19,21,23)/t11-,14+/m0/s1. The van der Waals surface area contributed by atoms with E-state index >= 15 is 0 Å². The molecule has 0 unspecified atom stereocenters. The van der Waals surface area contributed by atoms with Crippen molar-refractivity contribution in [2.75, 3.05) is 6.61 Å². The molecule has 2 atom stereocenters. The van der Waals surface area contributed by atoms with Crippen LogP contribution in [0.2, 0.25) is 0 Å². The van der Waals surface area contributed by atoms with Crippen molar-refractivity contribution in [3.05, 3.63) is 39.9 Å². The van der Waals surface area contributed by atoms with Crippen molar-refractivity contribution in [3.8, 4) is 0 Å². The molecule has 1 aliphatic carbocycles. The maximum absolute atomic E-state index is 11.8. The molecule has 1 aromatic carbocycles. The van der Waals surface area contributed by atoms with Crippen LogP contribution in [0.5, 0.6) is 0 Å². The number of rotatable bonds is 5. The Morgan fingerprint density at radius 1 is 1.19 bits per heavy atom. The zero-order valence-electron chi connectivity index (χ0n) is 14.4. The molecule has 3 amide bonds. The molecule has 0 spiro atoms. The Balaban J connectivity index is 1.76. The van der Waals surface area contributed by atoms with Crippen molar-refractivity contribution >= 4 is 23.6 Å². The first kappa shape index (κ1) is 19.4. The van der Waals surface area contributed by atoms with E-state index in [9.17, 15) is 24.5 Å². The Kier molecular flexibility index (Phi) is 6.65. The second-order valence-electron chi connectivity index (χ2n) is 6.27. The van der Waals surface area contributed by atoms with Crippen LogP contribution in [0, 0.1) is 16.0 Å². The number of hydrogen-bond donors (Lipinski definition) is 2.